The molecule has 0 spiro atoms. The maximum Gasteiger partial charge on any atom is 0.225 e. The van der Waals surface area contributed by atoms with Gasteiger partial charge in [0.25, 0.3) is 0 Å². The van der Waals surface area contributed by atoms with Crippen LogP contribution in [0.15, 0.2) is 60.9 Å². The third-order valence-electron chi connectivity index (χ3n) is 5.27. The molecule has 4 rings (SSSR count). The molecule has 0 amide bonds. The van der Waals surface area contributed by atoms with Crippen LogP contribution in [0, 0.1) is 6.92 Å². The normalized spacial score (nSPS) is 19.9. The van der Waals surface area contributed by atoms with E-state index in [2.05, 4.69) is 46.1 Å². The molecule has 0 radical (unpaired) electrons. The van der Waals surface area contributed by atoms with Gasteiger partial charge in [-0.3, -0.25) is 0 Å². The number of rotatable bonds is 3. The van der Waals surface area contributed by atoms with E-state index in [4.69, 9.17) is 17.3 Å². The highest BCUT2D eigenvalue weighted by molar-refractivity contribution is 6.33. The van der Waals surface area contributed by atoms with Gasteiger partial charge >= 0.3 is 0 Å². The van der Waals surface area contributed by atoms with Crippen molar-refractivity contribution in [2.24, 2.45) is 5.73 Å². The Hall–Kier alpha value is -2.43. The molecule has 1 aromatic heterocycles. The summed E-state index contributed by atoms with van der Waals surface area (Å²) in [6.45, 7) is 3.02. The molecule has 1 fully saturated rings. The van der Waals surface area contributed by atoms with Gasteiger partial charge in [0.05, 0.1) is 6.04 Å². The summed E-state index contributed by atoms with van der Waals surface area (Å²) in [7, 11) is 0. The van der Waals surface area contributed by atoms with Crippen LogP contribution >= 0.6 is 11.6 Å². The third-order valence-corrected chi connectivity index (χ3v) is 5.60. The summed E-state index contributed by atoms with van der Waals surface area (Å²) >= 11 is 6.38. The lowest BCUT2D eigenvalue weighted by Crippen LogP contribution is -2.43. The summed E-state index contributed by atoms with van der Waals surface area (Å²) in [5.41, 5.74) is 11.0. The minimum absolute atomic E-state index is 0.177. The average Bonchev–Trinajstić information content (AvgIpc) is 2.69. The van der Waals surface area contributed by atoms with E-state index < -0.39 is 0 Å². The van der Waals surface area contributed by atoms with Crippen LogP contribution in [0.4, 0.5) is 5.95 Å². The number of halogens is 1. The second-order valence-electron chi connectivity index (χ2n) is 7.09. The van der Waals surface area contributed by atoms with Crippen LogP contribution < -0.4 is 10.6 Å². The lowest BCUT2D eigenvalue weighted by atomic mass is 9.88. The molecule has 1 saturated heterocycles. The molecule has 1 aliphatic heterocycles. The predicted molar refractivity (Wildman–Crippen MR) is 111 cm³/mol. The Morgan fingerprint density at radius 3 is 2.59 bits per heavy atom. The Balaban J connectivity index is 1.71. The number of anilines is 1. The van der Waals surface area contributed by atoms with Crippen molar-refractivity contribution in [3.63, 3.8) is 0 Å². The van der Waals surface area contributed by atoms with Crippen molar-refractivity contribution in [3.8, 4) is 11.1 Å². The highest BCUT2D eigenvalue weighted by Gasteiger charge is 2.30. The fraction of sp³-hybridized carbons (Fsp3) is 0.273. The van der Waals surface area contributed by atoms with E-state index in [9.17, 15) is 0 Å². The maximum absolute atomic E-state index is 6.38. The zero-order valence-corrected chi connectivity index (χ0v) is 16.1. The van der Waals surface area contributed by atoms with Crippen molar-refractivity contribution in [2.45, 2.75) is 31.8 Å². The van der Waals surface area contributed by atoms with Crippen LogP contribution in [0.25, 0.3) is 11.1 Å². The Bertz CT molecular complexity index is 929. The fourth-order valence-corrected chi connectivity index (χ4v) is 4.12. The minimum atomic E-state index is 0.177. The Labute approximate surface area is 165 Å². The zero-order chi connectivity index (χ0) is 18.8. The average molecular weight is 379 g/mol. The van der Waals surface area contributed by atoms with Gasteiger partial charge < -0.3 is 10.6 Å². The smallest absolute Gasteiger partial charge is 0.225 e. The topological polar surface area (TPSA) is 55.0 Å². The predicted octanol–water partition coefficient (Wildman–Crippen LogP) is 4.77. The molecule has 2 N–H and O–H groups in total. The van der Waals surface area contributed by atoms with E-state index >= 15 is 0 Å². The Morgan fingerprint density at radius 1 is 1.07 bits per heavy atom. The van der Waals surface area contributed by atoms with Gasteiger partial charge in [0.1, 0.15) is 0 Å². The number of aromatic nitrogens is 2. The SMILES string of the molecule is Cc1cc(-c2ccccc2Cl)ccc1C1CC(N)CCN1c1ncccn1. The summed E-state index contributed by atoms with van der Waals surface area (Å²) in [4.78, 5) is 11.2. The summed E-state index contributed by atoms with van der Waals surface area (Å²) in [6.07, 6.45) is 5.43. The Kier molecular flexibility index (Phi) is 5.10. The number of nitrogens with zero attached hydrogens (tertiary/aromatic N) is 3. The van der Waals surface area contributed by atoms with Crippen LogP contribution in [0.5, 0.6) is 0 Å². The largest absolute Gasteiger partial charge is 0.334 e. The van der Waals surface area contributed by atoms with Crippen LogP contribution in [-0.2, 0) is 0 Å². The molecule has 5 heteroatoms. The van der Waals surface area contributed by atoms with Gasteiger partial charge in [-0.25, -0.2) is 9.97 Å². The number of benzene rings is 2. The first-order chi connectivity index (χ1) is 13.1. The van der Waals surface area contributed by atoms with Gasteiger partial charge in [0.2, 0.25) is 5.95 Å². The zero-order valence-electron chi connectivity index (χ0n) is 15.3. The summed E-state index contributed by atoms with van der Waals surface area (Å²) in [5.74, 6) is 0.768. The molecule has 3 aromatic rings. The standard InChI is InChI=1S/C22H23ClN4/c1-15-13-16(19-5-2-3-6-20(19)23)7-8-18(15)21-14-17(24)9-12-27(21)22-25-10-4-11-26-22/h2-8,10-11,13,17,21H,9,12,14,24H2,1H3. The first-order valence-corrected chi connectivity index (χ1v) is 9.66. The highest BCUT2D eigenvalue weighted by Crippen LogP contribution is 2.36. The summed E-state index contributed by atoms with van der Waals surface area (Å²) < 4.78 is 0. The molecule has 0 aliphatic carbocycles. The summed E-state index contributed by atoms with van der Waals surface area (Å²) in [6, 6.07) is 16.7. The molecule has 2 atom stereocenters. The molecular formula is C22H23ClN4. The quantitative estimate of drug-likeness (QED) is 0.712. The van der Waals surface area contributed by atoms with E-state index in [0.717, 1.165) is 41.5 Å². The van der Waals surface area contributed by atoms with E-state index in [0.29, 0.717) is 0 Å². The molecule has 4 nitrogen and oxygen atoms in total. The highest BCUT2D eigenvalue weighted by atomic mass is 35.5. The van der Waals surface area contributed by atoms with Crippen molar-refractivity contribution in [3.05, 3.63) is 77.1 Å². The Morgan fingerprint density at radius 2 is 1.85 bits per heavy atom. The second kappa shape index (κ2) is 7.67. The van der Waals surface area contributed by atoms with E-state index in [1.54, 1.807) is 12.4 Å². The number of piperidine rings is 1. The van der Waals surface area contributed by atoms with Crippen LogP contribution in [0.1, 0.15) is 30.0 Å². The molecule has 1 aliphatic rings. The second-order valence-corrected chi connectivity index (χ2v) is 7.50. The molecule has 2 unspecified atom stereocenters. The van der Waals surface area contributed by atoms with Gasteiger partial charge in [-0.2, -0.15) is 0 Å². The molecule has 0 bridgehead atoms. The number of aryl methyl sites for hydroxylation is 1. The first-order valence-electron chi connectivity index (χ1n) is 9.28. The molecule has 2 heterocycles. The molecule has 0 saturated carbocycles. The first kappa shape index (κ1) is 18.0. The summed E-state index contributed by atoms with van der Waals surface area (Å²) in [5, 5.41) is 0.767. The van der Waals surface area contributed by atoms with Gasteiger partial charge in [-0.1, -0.05) is 48.0 Å². The van der Waals surface area contributed by atoms with Crippen molar-refractivity contribution >= 4 is 17.5 Å². The van der Waals surface area contributed by atoms with Crippen molar-refractivity contribution in [1.29, 1.82) is 0 Å². The maximum atomic E-state index is 6.38. The number of hydrogen-bond donors (Lipinski definition) is 1. The van der Waals surface area contributed by atoms with Gasteiger partial charge in [-0.05, 0) is 48.6 Å². The molecule has 27 heavy (non-hydrogen) atoms. The van der Waals surface area contributed by atoms with Crippen LogP contribution in [0.2, 0.25) is 5.02 Å². The van der Waals surface area contributed by atoms with Crippen molar-refractivity contribution in [2.75, 3.05) is 11.4 Å². The number of nitrogens with two attached hydrogens (primary N) is 1. The molecule has 138 valence electrons. The van der Waals surface area contributed by atoms with Gasteiger partial charge in [-0.15, -0.1) is 0 Å². The van der Waals surface area contributed by atoms with E-state index in [1.807, 2.05) is 24.3 Å². The fourth-order valence-electron chi connectivity index (χ4n) is 3.88. The third kappa shape index (κ3) is 3.68. The lowest BCUT2D eigenvalue weighted by molar-refractivity contribution is 0.413. The van der Waals surface area contributed by atoms with E-state index in [1.165, 1.54) is 11.1 Å². The van der Waals surface area contributed by atoms with Gasteiger partial charge in [0.15, 0.2) is 0 Å². The molecular weight excluding hydrogens is 356 g/mol. The van der Waals surface area contributed by atoms with Crippen LogP contribution in [-0.4, -0.2) is 22.6 Å². The van der Waals surface area contributed by atoms with Gasteiger partial charge in [0, 0.05) is 35.6 Å². The minimum Gasteiger partial charge on any atom is -0.334 e. The van der Waals surface area contributed by atoms with Crippen molar-refractivity contribution in [1.82, 2.24) is 9.97 Å². The monoisotopic (exact) mass is 378 g/mol. The van der Waals surface area contributed by atoms with E-state index in [-0.39, 0.29) is 12.1 Å². The number of hydrogen-bond acceptors (Lipinski definition) is 4. The van der Waals surface area contributed by atoms with Crippen LogP contribution in [0.3, 0.4) is 0 Å². The molecule has 2 aromatic carbocycles. The van der Waals surface area contributed by atoms with Crippen molar-refractivity contribution < 1.29 is 0 Å². The lowest BCUT2D eigenvalue weighted by Gasteiger charge is -2.39.